The van der Waals surface area contributed by atoms with E-state index >= 15 is 0 Å². The summed E-state index contributed by atoms with van der Waals surface area (Å²) in [6, 6.07) is 11.1. The van der Waals surface area contributed by atoms with E-state index in [1.807, 2.05) is 6.92 Å². The number of nitrogens with one attached hydrogen (secondary N) is 1. The van der Waals surface area contributed by atoms with Crippen molar-refractivity contribution >= 4 is 19.2 Å². The average Bonchev–Trinajstić information content (AvgIpc) is 2.52. The van der Waals surface area contributed by atoms with Gasteiger partial charge in [0.05, 0.1) is 0 Å². The van der Waals surface area contributed by atoms with Gasteiger partial charge in [-0.05, 0) is 66.4 Å². The molecule has 2 nitrogen and oxygen atoms in total. The van der Waals surface area contributed by atoms with E-state index < -0.39 is 0 Å². The summed E-state index contributed by atoms with van der Waals surface area (Å²) in [4.78, 5) is 0. The zero-order chi connectivity index (χ0) is 18.8. The second-order valence-corrected chi connectivity index (χ2v) is 9.17. The number of rotatable bonds is 5. The van der Waals surface area contributed by atoms with Gasteiger partial charge in [-0.1, -0.05) is 60.5 Å². The van der Waals surface area contributed by atoms with Gasteiger partial charge in [-0.25, -0.2) is 0 Å². The molecule has 0 bridgehead atoms. The predicted octanol–water partition coefficient (Wildman–Crippen LogP) is 4.61. The molecule has 136 valence electrons. The maximum Gasteiger partial charge on any atom is 0.126 e. The van der Waals surface area contributed by atoms with Crippen LogP contribution in [0.1, 0.15) is 62.9 Å². The Balaban J connectivity index is 2.52. The van der Waals surface area contributed by atoms with Crippen molar-refractivity contribution in [3.63, 3.8) is 0 Å². The number of phenolic OH excluding ortho intramolecular Hbond substituents is 1. The minimum atomic E-state index is 0.0727. The monoisotopic (exact) mass is 357 g/mol. The topological polar surface area (TPSA) is 32.3 Å². The zero-order valence-electron chi connectivity index (χ0n) is 16.6. The van der Waals surface area contributed by atoms with Crippen molar-refractivity contribution in [2.75, 3.05) is 6.54 Å². The van der Waals surface area contributed by atoms with E-state index in [4.69, 9.17) is 0 Å². The summed E-state index contributed by atoms with van der Waals surface area (Å²) in [5, 5.41) is 16.6. The molecule has 2 aromatic rings. The molecule has 0 aliphatic heterocycles. The summed E-state index contributed by atoms with van der Waals surface area (Å²) in [5.41, 5.74) is 4.94. The van der Waals surface area contributed by atoms with Crippen molar-refractivity contribution in [2.24, 2.45) is 0 Å². The van der Waals surface area contributed by atoms with Gasteiger partial charge in [0.2, 0.25) is 0 Å². The van der Waals surface area contributed by atoms with E-state index in [0.29, 0.717) is 20.4 Å². The third-order valence-corrected chi connectivity index (χ3v) is 6.29. The van der Waals surface area contributed by atoms with Crippen molar-refractivity contribution < 1.29 is 5.11 Å². The Morgan fingerprint density at radius 2 is 1.80 bits per heavy atom. The van der Waals surface area contributed by atoms with Crippen LogP contribution in [0.15, 0.2) is 30.3 Å². The fourth-order valence-electron chi connectivity index (χ4n) is 3.08. The van der Waals surface area contributed by atoms with Gasteiger partial charge in [-0.15, -0.1) is 0 Å². The van der Waals surface area contributed by atoms with Gasteiger partial charge in [0.15, 0.2) is 0 Å². The van der Waals surface area contributed by atoms with Crippen molar-refractivity contribution in [2.45, 2.75) is 59.9 Å². The van der Waals surface area contributed by atoms with Crippen molar-refractivity contribution in [1.29, 1.82) is 0 Å². The first-order valence-electron chi connectivity index (χ1n) is 9.09. The Hall–Kier alpha value is -1.37. The number of aromatic hydroxyl groups is 1. The third kappa shape index (κ3) is 4.63. The van der Waals surface area contributed by atoms with Gasteiger partial charge in [-0.3, -0.25) is 0 Å². The number of benzene rings is 2. The summed E-state index contributed by atoms with van der Waals surface area (Å²) in [6.45, 7) is 16.1. The Kier molecular flexibility index (Phi) is 6.30. The number of aryl methyl sites for hydroxylation is 2. The highest BCUT2D eigenvalue weighted by molar-refractivity contribution is 7.56. The number of phenols is 1. The predicted molar refractivity (Wildman–Crippen MR) is 112 cm³/mol. The molecular weight excluding hydrogens is 325 g/mol. The van der Waals surface area contributed by atoms with E-state index in [2.05, 4.69) is 77.2 Å². The summed E-state index contributed by atoms with van der Waals surface area (Å²) in [6.07, 6.45) is 0. The van der Waals surface area contributed by atoms with Crippen LogP contribution in [-0.4, -0.2) is 11.7 Å². The first-order valence-corrected chi connectivity index (χ1v) is 10.1. The Morgan fingerprint density at radius 3 is 2.40 bits per heavy atom. The zero-order valence-corrected chi connectivity index (χ0v) is 17.6. The van der Waals surface area contributed by atoms with Gasteiger partial charge < -0.3 is 10.4 Å². The molecule has 2 N–H and O–H groups in total. The van der Waals surface area contributed by atoms with Crippen LogP contribution in [0.25, 0.3) is 0 Å². The lowest BCUT2D eigenvalue weighted by Crippen LogP contribution is -2.24. The van der Waals surface area contributed by atoms with Gasteiger partial charge in [0.1, 0.15) is 5.75 Å². The van der Waals surface area contributed by atoms with E-state index in [1.165, 1.54) is 22.0 Å². The molecule has 0 saturated heterocycles. The molecule has 2 rings (SSSR count). The first-order chi connectivity index (χ1) is 11.6. The molecule has 0 aliphatic carbocycles. The molecule has 0 saturated carbocycles. The van der Waals surface area contributed by atoms with Gasteiger partial charge in [0.25, 0.3) is 0 Å². The molecule has 0 radical (unpaired) electrons. The largest absolute Gasteiger partial charge is 0.507 e. The maximum absolute atomic E-state index is 10.7. The highest BCUT2D eigenvalue weighted by Gasteiger charge is 2.19. The van der Waals surface area contributed by atoms with Crippen LogP contribution in [0.2, 0.25) is 0 Å². The molecule has 25 heavy (non-hydrogen) atoms. The molecule has 2 unspecified atom stereocenters. The lowest BCUT2D eigenvalue weighted by Gasteiger charge is -2.23. The smallest absolute Gasteiger partial charge is 0.126 e. The normalized spacial score (nSPS) is 13.6. The van der Waals surface area contributed by atoms with Crippen LogP contribution in [0.3, 0.4) is 0 Å². The van der Waals surface area contributed by atoms with Crippen LogP contribution in [-0.2, 0) is 5.41 Å². The summed E-state index contributed by atoms with van der Waals surface area (Å²) < 4.78 is 0. The number of hydrogen-bond acceptors (Lipinski definition) is 2. The van der Waals surface area contributed by atoms with Crippen LogP contribution >= 0.6 is 8.58 Å². The highest BCUT2D eigenvalue weighted by Crippen LogP contribution is 2.31. The molecule has 0 fully saturated rings. The molecule has 0 aromatic heterocycles. The van der Waals surface area contributed by atoms with Gasteiger partial charge in [-0.2, -0.15) is 0 Å². The second kappa shape index (κ2) is 7.89. The first kappa shape index (κ1) is 19.9. The second-order valence-electron chi connectivity index (χ2n) is 7.88. The fourth-order valence-corrected chi connectivity index (χ4v) is 4.62. The van der Waals surface area contributed by atoms with Crippen molar-refractivity contribution in [3.8, 4) is 5.75 Å². The SMILES string of the molecule is CCNC(C)c1cccc(C)c1Pc1cc(C(C)(C)C)cc(C)c1O. The van der Waals surface area contributed by atoms with Gasteiger partial charge in [0, 0.05) is 11.3 Å². The molecule has 2 aromatic carbocycles. The van der Waals surface area contributed by atoms with E-state index in [9.17, 15) is 5.11 Å². The summed E-state index contributed by atoms with van der Waals surface area (Å²) >= 11 is 0. The fraction of sp³-hybridized carbons (Fsp3) is 0.455. The molecule has 0 spiro atoms. The minimum absolute atomic E-state index is 0.0727. The summed E-state index contributed by atoms with van der Waals surface area (Å²) in [7, 11) is 0.452. The van der Waals surface area contributed by atoms with E-state index in [1.54, 1.807) is 0 Å². The molecular formula is C22H32NOP. The lowest BCUT2D eigenvalue weighted by atomic mass is 9.86. The van der Waals surface area contributed by atoms with Crippen LogP contribution in [0.4, 0.5) is 0 Å². The maximum atomic E-state index is 10.7. The minimum Gasteiger partial charge on any atom is -0.507 e. The Morgan fingerprint density at radius 1 is 1.12 bits per heavy atom. The molecule has 0 heterocycles. The van der Waals surface area contributed by atoms with Gasteiger partial charge >= 0.3 is 0 Å². The lowest BCUT2D eigenvalue weighted by molar-refractivity contribution is 0.474. The van der Waals surface area contributed by atoms with Crippen LogP contribution in [0, 0.1) is 13.8 Å². The highest BCUT2D eigenvalue weighted by atomic mass is 31.1. The Bertz CT molecular complexity index is 746. The van der Waals surface area contributed by atoms with Crippen molar-refractivity contribution in [3.05, 3.63) is 52.6 Å². The Labute approximate surface area is 154 Å². The summed E-state index contributed by atoms with van der Waals surface area (Å²) in [5.74, 6) is 0.441. The standard InChI is InChI=1S/C22H32NOP/c1-8-23-16(4)18-11-9-10-14(2)21(18)25-19-13-17(22(5,6)7)12-15(3)20(19)24/h9-13,16,23-25H,8H2,1-7H3. The average molecular weight is 357 g/mol. The van der Waals surface area contributed by atoms with Crippen LogP contribution < -0.4 is 15.9 Å². The van der Waals surface area contributed by atoms with E-state index in [0.717, 1.165) is 17.4 Å². The molecule has 0 aliphatic rings. The number of hydrogen-bond donors (Lipinski definition) is 2. The quantitative estimate of drug-likeness (QED) is 0.766. The molecule has 2 atom stereocenters. The molecule has 0 amide bonds. The molecule has 3 heteroatoms. The van der Waals surface area contributed by atoms with E-state index in [-0.39, 0.29) is 5.41 Å². The van der Waals surface area contributed by atoms with Crippen molar-refractivity contribution in [1.82, 2.24) is 5.32 Å². The van der Waals surface area contributed by atoms with Crippen LogP contribution in [0.5, 0.6) is 5.75 Å². The third-order valence-electron chi connectivity index (χ3n) is 4.71.